The zero-order chi connectivity index (χ0) is 17.5. The number of carbonyl (C=O) groups is 1. The molecule has 0 radical (unpaired) electrons. The van der Waals surface area contributed by atoms with Gasteiger partial charge in [-0.05, 0) is 37.4 Å². The lowest BCUT2D eigenvalue weighted by Gasteiger charge is -2.31. The molecule has 7 nitrogen and oxygen atoms in total. The van der Waals surface area contributed by atoms with Gasteiger partial charge in [-0.25, -0.2) is 0 Å². The second-order valence-electron chi connectivity index (χ2n) is 6.65. The third kappa shape index (κ3) is 5.56. The van der Waals surface area contributed by atoms with Crippen molar-refractivity contribution in [1.82, 2.24) is 25.4 Å². The smallest absolute Gasteiger partial charge is 0.239 e. The average molecular weight is 342 g/mol. The molecule has 25 heavy (non-hydrogen) atoms. The first-order valence-corrected chi connectivity index (χ1v) is 8.89. The Morgan fingerprint density at radius 2 is 2.04 bits per heavy atom. The molecule has 0 bridgehead atoms. The summed E-state index contributed by atoms with van der Waals surface area (Å²) in [5.74, 6) is 1.54. The molecule has 0 unspecified atom stereocenters. The van der Waals surface area contributed by atoms with E-state index < -0.39 is 0 Å². The van der Waals surface area contributed by atoms with Crippen molar-refractivity contribution in [3.05, 3.63) is 41.7 Å². The van der Waals surface area contributed by atoms with Crippen LogP contribution in [-0.2, 0) is 17.8 Å². The third-order valence-electron chi connectivity index (χ3n) is 4.66. The van der Waals surface area contributed by atoms with E-state index in [0.29, 0.717) is 31.1 Å². The number of nitrogens with one attached hydrogen (secondary N) is 2. The Balaban J connectivity index is 1.32. The molecule has 4 N–H and O–H groups in total. The van der Waals surface area contributed by atoms with Crippen molar-refractivity contribution in [2.75, 3.05) is 25.4 Å². The monoisotopic (exact) mass is 342 g/mol. The topological polar surface area (TPSA) is 99.9 Å². The highest BCUT2D eigenvalue weighted by molar-refractivity contribution is 5.76. The van der Waals surface area contributed by atoms with Gasteiger partial charge in [-0.3, -0.25) is 14.8 Å². The number of nitrogens with zero attached hydrogens (tertiary/aromatic N) is 3. The number of aromatic amines is 1. The largest absolute Gasteiger partial charge is 0.367 e. The highest BCUT2D eigenvalue weighted by atomic mass is 16.1. The molecular formula is C18H26N6O. The van der Waals surface area contributed by atoms with Crippen molar-refractivity contribution < 1.29 is 4.79 Å². The normalized spacial score (nSPS) is 16.0. The van der Waals surface area contributed by atoms with Gasteiger partial charge < -0.3 is 11.1 Å². The Labute approximate surface area is 148 Å². The van der Waals surface area contributed by atoms with Gasteiger partial charge in [-0.1, -0.05) is 30.3 Å². The number of nitrogens with two attached hydrogens (primary N) is 1. The lowest BCUT2D eigenvalue weighted by atomic mass is 9.93. The molecule has 0 aliphatic carbocycles. The van der Waals surface area contributed by atoms with Gasteiger partial charge in [0.15, 0.2) is 0 Å². The second kappa shape index (κ2) is 8.62. The number of nitrogen functional groups attached to an aromatic ring is 1. The van der Waals surface area contributed by atoms with E-state index in [4.69, 9.17) is 5.73 Å². The average Bonchev–Trinajstić information content (AvgIpc) is 3.03. The maximum Gasteiger partial charge on any atom is 0.239 e. The van der Waals surface area contributed by atoms with Crippen molar-refractivity contribution in [2.45, 2.75) is 32.2 Å². The Morgan fingerprint density at radius 3 is 2.72 bits per heavy atom. The summed E-state index contributed by atoms with van der Waals surface area (Å²) in [7, 11) is 0. The summed E-state index contributed by atoms with van der Waals surface area (Å²) in [6.45, 7) is 3.68. The van der Waals surface area contributed by atoms with Crippen LogP contribution in [0.5, 0.6) is 0 Å². The van der Waals surface area contributed by atoms with E-state index in [0.717, 1.165) is 32.5 Å². The van der Waals surface area contributed by atoms with Crippen LogP contribution >= 0.6 is 0 Å². The quantitative estimate of drug-likeness (QED) is 0.705. The molecular weight excluding hydrogens is 316 g/mol. The Bertz CT molecular complexity index is 663. The van der Waals surface area contributed by atoms with Crippen molar-refractivity contribution >= 4 is 11.9 Å². The number of rotatable bonds is 7. The SMILES string of the molecule is Nc1n[nH]c(CCNC(=O)CC2CCN(Cc3ccccc3)CC2)n1. The first kappa shape index (κ1) is 17.4. The van der Waals surface area contributed by atoms with Crippen LogP contribution in [0.15, 0.2) is 30.3 Å². The number of likely N-dealkylation sites (tertiary alicyclic amines) is 1. The summed E-state index contributed by atoms with van der Waals surface area (Å²) in [5, 5.41) is 9.47. The van der Waals surface area contributed by atoms with Crippen LogP contribution in [0, 0.1) is 5.92 Å². The van der Waals surface area contributed by atoms with Gasteiger partial charge in [-0.2, -0.15) is 4.98 Å². The Morgan fingerprint density at radius 1 is 1.28 bits per heavy atom. The van der Waals surface area contributed by atoms with Crippen LogP contribution in [0.25, 0.3) is 0 Å². The number of piperidine rings is 1. The second-order valence-corrected chi connectivity index (χ2v) is 6.65. The highest BCUT2D eigenvalue weighted by Gasteiger charge is 2.21. The minimum Gasteiger partial charge on any atom is -0.367 e. The van der Waals surface area contributed by atoms with E-state index in [9.17, 15) is 4.79 Å². The van der Waals surface area contributed by atoms with Crippen LogP contribution in [0.2, 0.25) is 0 Å². The van der Waals surface area contributed by atoms with Crippen LogP contribution in [0.1, 0.15) is 30.7 Å². The molecule has 2 aromatic rings. The zero-order valence-corrected chi connectivity index (χ0v) is 14.4. The number of amides is 1. The lowest BCUT2D eigenvalue weighted by molar-refractivity contribution is -0.122. The van der Waals surface area contributed by atoms with Crippen LogP contribution < -0.4 is 11.1 Å². The molecule has 0 atom stereocenters. The molecule has 1 aromatic heterocycles. The summed E-state index contributed by atoms with van der Waals surface area (Å²) in [4.78, 5) is 18.6. The maximum atomic E-state index is 12.1. The van der Waals surface area contributed by atoms with Crippen LogP contribution in [0.4, 0.5) is 5.95 Å². The third-order valence-corrected chi connectivity index (χ3v) is 4.66. The van der Waals surface area contributed by atoms with Gasteiger partial charge in [0.05, 0.1) is 0 Å². The summed E-state index contributed by atoms with van der Waals surface area (Å²) < 4.78 is 0. The van der Waals surface area contributed by atoms with E-state index in [-0.39, 0.29) is 11.9 Å². The zero-order valence-electron chi connectivity index (χ0n) is 14.4. The van der Waals surface area contributed by atoms with E-state index in [1.54, 1.807) is 0 Å². The molecule has 1 aromatic carbocycles. The van der Waals surface area contributed by atoms with Gasteiger partial charge in [0.25, 0.3) is 0 Å². The van der Waals surface area contributed by atoms with Gasteiger partial charge in [-0.15, -0.1) is 5.10 Å². The number of hydrogen-bond acceptors (Lipinski definition) is 5. The summed E-state index contributed by atoms with van der Waals surface area (Å²) >= 11 is 0. The predicted octanol–water partition coefficient (Wildman–Crippen LogP) is 1.35. The molecule has 3 rings (SSSR count). The number of H-pyrrole nitrogens is 1. The fraction of sp³-hybridized carbons (Fsp3) is 0.500. The van der Waals surface area contributed by atoms with Gasteiger partial charge in [0, 0.05) is 25.9 Å². The van der Waals surface area contributed by atoms with Gasteiger partial charge in [0.2, 0.25) is 11.9 Å². The number of anilines is 1. The lowest BCUT2D eigenvalue weighted by Crippen LogP contribution is -2.35. The number of aromatic nitrogens is 3. The van der Waals surface area contributed by atoms with E-state index in [2.05, 4.69) is 49.7 Å². The van der Waals surface area contributed by atoms with Crippen molar-refractivity contribution in [3.8, 4) is 0 Å². The highest BCUT2D eigenvalue weighted by Crippen LogP contribution is 2.21. The van der Waals surface area contributed by atoms with E-state index in [1.165, 1.54) is 5.56 Å². The standard InChI is InChI=1S/C18H26N6O/c19-18-21-16(22-23-18)6-9-20-17(25)12-14-7-10-24(11-8-14)13-15-4-2-1-3-5-15/h1-5,14H,6-13H2,(H,20,25)(H3,19,21,22,23). The summed E-state index contributed by atoms with van der Waals surface area (Å²) in [6, 6.07) is 10.5. The van der Waals surface area contributed by atoms with Crippen LogP contribution in [-0.4, -0.2) is 45.6 Å². The van der Waals surface area contributed by atoms with E-state index in [1.807, 2.05) is 6.07 Å². The molecule has 1 amide bonds. The van der Waals surface area contributed by atoms with E-state index >= 15 is 0 Å². The predicted molar refractivity (Wildman–Crippen MR) is 96.6 cm³/mol. The Hall–Kier alpha value is -2.41. The molecule has 1 aliphatic rings. The van der Waals surface area contributed by atoms with Crippen molar-refractivity contribution in [3.63, 3.8) is 0 Å². The Kier molecular flexibility index (Phi) is 6.00. The molecule has 0 spiro atoms. The van der Waals surface area contributed by atoms with Crippen molar-refractivity contribution in [1.29, 1.82) is 0 Å². The minimum absolute atomic E-state index is 0.119. The molecule has 2 heterocycles. The molecule has 1 aliphatic heterocycles. The first-order valence-electron chi connectivity index (χ1n) is 8.89. The molecule has 1 fully saturated rings. The van der Waals surface area contributed by atoms with Gasteiger partial charge in [0.1, 0.15) is 5.82 Å². The molecule has 0 saturated carbocycles. The molecule has 1 saturated heterocycles. The number of benzene rings is 1. The molecule has 134 valence electrons. The van der Waals surface area contributed by atoms with Gasteiger partial charge >= 0.3 is 0 Å². The maximum absolute atomic E-state index is 12.1. The number of hydrogen-bond donors (Lipinski definition) is 3. The number of carbonyl (C=O) groups excluding carboxylic acids is 1. The first-order chi connectivity index (χ1) is 12.2. The fourth-order valence-corrected chi connectivity index (χ4v) is 3.27. The minimum atomic E-state index is 0.119. The van der Waals surface area contributed by atoms with Crippen LogP contribution in [0.3, 0.4) is 0 Å². The fourth-order valence-electron chi connectivity index (χ4n) is 3.27. The summed E-state index contributed by atoms with van der Waals surface area (Å²) in [6.07, 6.45) is 3.39. The molecule has 7 heteroatoms. The van der Waals surface area contributed by atoms with Crippen molar-refractivity contribution in [2.24, 2.45) is 5.92 Å². The summed E-state index contributed by atoms with van der Waals surface area (Å²) in [5.41, 5.74) is 6.80.